The molecule has 2 aliphatic rings. The van der Waals surface area contributed by atoms with Gasteiger partial charge in [-0.2, -0.15) is 0 Å². The van der Waals surface area contributed by atoms with Crippen LogP contribution >= 0.6 is 11.6 Å². The Balaban J connectivity index is 1.29. The maximum atomic E-state index is 12.1. The second-order valence-electron chi connectivity index (χ2n) is 7.42. The molecule has 3 rings (SSSR count). The lowest BCUT2D eigenvalue weighted by Crippen LogP contribution is -2.37. The summed E-state index contributed by atoms with van der Waals surface area (Å²) in [5.41, 5.74) is 1.05. The number of piperidine rings is 1. The van der Waals surface area contributed by atoms with E-state index in [2.05, 4.69) is 10.2 Å². The van der Waals surface area contributed by atoms with Gasteiger partial charge >= 0.3 is 0 Å². The quantitative estimate of drug-likeness (QED) is 0.805. The van der Waals surface area contributed by atoms with E-state index in [0.29, 0.717) is 23.9 Å². The topological polar surface area (TPSA) is 41.6 Å². The van der Waals surface area contributed by atoms with Crippen LogP contribution in [-0.4, -0.2) is 43.7 Å². The molecule has 5 heteroatoms. The number of benzene rings is 1. The molecule has 0 saturated carbocycles. The number of amides is 1. The Morgan fingerprint density at radius 2 is 2.08 bits per heavy atom. The predicted molar refractivity (Wildman–Crippen MR) is 101 cm³/mol. The largest absolute Gasteiger partial charge is 0.381 e. The average Bonchev–Trinajstić information content (AvgIpc) is 3.12. The third kappa shape index (κ3) is 6.28. The minimum atomic E-state index is 0.144. The summed E-state index contributed by atoms with van der Waals surface area (Å²) in [5.74, 6) is 1.56. The summed E-state index contributed by atoms with van der Waals surface area (Å²) >= 11 is 5.96. The van der Waals surface area contributed by atoms with Crippen molar-refractivity contribution in [2.75, 3.05) is 32.8 Å². The normalized spacial score (nSPS) is 22.2. The van der Waals surface area contributed by atoms with Gasteiger partial charge in [0, 0.05) is 31.1 Å². The summed E-state index contributed by atoms with van der Waals surface area (Å²) in [6, 6.07) is 7.64. The van der Waals surface area contributed by atoms with Crippen LogP contribution in [0.2, 0.25) is 5.02 Å². The zero-order valence-electron chi connectivity index (χ0n) is 14.9. The van der Waals surface area contributed by atoms with Gasteiger partial charge in [0.1, 0.15) is 0 Å². The molecule has 25 heavy (non-hydrogen) atoms. The fraction of sp³-hybridized carbons (Fsp3) is 0.650. The first kappa shape index (κ1) is 18.7. The number of hydrogen-bond acceptors (Lipinski definition) is 3. The Bertz CT molecular complexity index is 552. The minimum absolute atomic E-state index is 0.144. The molecule has 0 bridgehead atoms. The van der Waals surface area contributed by atoms with Gasteiger partial charge in [0.2, 0.25) is 5.91 Å². The number of hydrogen-bond donors (Lipinski definition) is 1. The summed E-state index contributed by atoms with van der Waals surface area (Å²) < 4.78 is 5.47. The van der Waals surface area contributed by atoms with Gasteiger partial charge in [-0.3, -0.25) is 4.79 Å². The predicted octanol–water partition coefficient (Wildman–Crippen LogP) is 3.48. The van der Waals surface area contributed by atoms with E-state index in [1.807, 2.05) is 24.3 Å². The number of nitrogens with zero attached hydrogens (tertiary/aromatic N) is 1. The van der Waals surface area contributed by atoms with E-state index in [0.717, 1.165) is 31.1 Å². The zero-order chi connectivity index (χ0) is 17.5. The van der Waals surface area contributed by atoms with Gasteiger partial charge in [-0.15, -0.1) is 0 Å². The molecular weight excluding hydrogens is 336 g/mol. The second-order valence-corrected chi connectivity index (χ2v) is 7.86. The summed E-state index contributed by atoms with van der Waals surface area (Å²) in [5, 5.41) is 3.71. The van der Waals surface area contributed by atoms with Crippen molar-refractivity contribution in [2.45, 2.75) is 38.6 Å². The molecule has 1 aromatic carbocycles. The van der Waals surface area contributed by atoms with Gasteiger partial charge < -0.3 is 15.0 Å². The van der Waals surface area contributed by atoms with Crippen molar-refractivity contribution >= 4 is 17.5 Å². The molecule has 1 N–H and O–H groups in total. The lowest BCUT2D eigenvalue weighted by atomic mass is 9.91. The molecule has 138 valence electrons. The van der Waals surface area contributed by atoms with Crippen LogP contribution in [0.15, 0.2) is 24.3 Å². The van der Waals surface area contributed by atoms with E-state index >= 15 is 0 Å². The number of nitrogens with one attached hydrogen (secondary N) is 1. The third-order valence-electron chi connectivity index (χ3n) is 5.41. The molecule has 2 fully saturated rings. The number of halogens is 1. The molecule has 1 amide bonds. The maximum Gasteiger partial charge on any atom is 0.220 e. The van der Waals surface area contributed by atoms with E-state index in [9.17, 15) is 4.79 Å². The first-order valence-electron chi connectivity index (χ1n) is 9.50. The van der Waals surface area contributed by atoms with Gasteiger partial charge in [0.05, 0.1) is 6.61 Å². The van der Waals surface area contributed by atoms with Crippen LogP contribution in [0.3, 0.4) is 0 Å². The number of rotatable bonds is 7. The van der Waals surface area contributed by atoms with E-state index < -0.39 is 0 Å². The molecular formula is C20H29ClN2O2. The molecule has 0 aromatic heterocycles. The van der Waals surface area contributed by atoms with Crippen molar-refractivity contribution in [1.82, 2.24) is 10.2 Å². The van der Waals surface area contributed by atoms with Gasteiger partial charge in [-0.1, -0.05) is 23.7 Å². The maximum absolute atomic E-state index is 12.1. The fourth-order valence-corrected chi connectivity index (χ4v) is 4.03. The van der Waals surface area contributed by atoms with Gasteiger partial charge in [0.25, 0.3) is 0 Å². The molecule has 2 heterocycles. The van der Waals surface area contributed by atoms with Crippen LogP contribution < -0.4 is 5.32 Å². The standard InChI is InChI=1S/C20H29ClN2O2/c21-19-3-1-2-17(12-19)13-22-20(24)5-4-16-6-9-23(10-7-16)14-18-8-11-25-15-18/h1-3,12,16,18H,4-11,13-15H2,(H,22,24)/t18-/m1/s1. The molecule has 0 aliphatic carbocycles. The van der Waals surface area contributed by atoms with Crippen LogP contribution in [0.5, 0.6) is 0 Å². The minimum Gasteiger partial charge on any atom is -0.381 e. The van der Waals surface area contributed by atoms with Crippen LogP contribution in [0.1, 0.15) is 37.7 Å². The highest BCUT2D eigenvalue weighted by Gasteiger charge is 2.24. The fourth-order valence-electron chi connectivity index (χ4n) is 3.82. The Morgan fingerprint density at radius 1 is 1.24 bits per heavy atom. The number of ether oxygens (including phenoxy) is 1. The monoisotopic (exact) mass is 364 g/mol. The van der Waals surface area contributed by atoms with Crippen LogP contribution in [0.25, 0.3) is 0 Å². The van der Waals surface area contributed by atoms with E-state index in [1.165, 1.54) is 38.9 Å². The molecule has 2 saturated heterocycles. The molecule has 0 unspecified atom stereocenters. The smallest absolute Gasteiger partial charge is 0.220 e. The average molecular weight is 365 g/mol. The molecule has 4 nitrogen and oxygen atoms in total. The summed E-state index contributed by atoms with van der Waals surface area (Å²) in [6.07, 6.45) is 5.28. The van der Waals surface area contributed by atoms with Crippen molar-refractivity contribution in [1.29, 1.82) is 0 Å². The molecule has 1 aromatic rings. The highest BCUT2D eigenvalue weighted by molar-refractivity contribution is 6.30. The Hall–Kier alpha value is -1.10. The summed E-state index contributed by atoms with van der Waals surface area (Å²) in [4.78, 5) is 14.6. The lowest BCUT2D eigenvalue weighted by molar-refractivity contribution is -0.121. The molecule has 0 radical (unpaired) electrons. The first-order chi connectivity index (χ1) is 12.2. The number of carbonyl (C=O) groups excluding carboxylic acids is 1. The van der Waals surface area contributed by atoms with E-state index in [1.54, 1.807) is 0 Å². The zero-order valence-corrected chi connectivity index (χ0v) is 15.6. The number of carbonyl (C=O) groups is 1. The van der Waals surface area contributed by atoms with Gasteiger partial charge in [-0.25, -0.2) is 0 Å². The highest BCUT2D eigenvalue weighted by atomic mass is 35.5. The Kier molecular flexibility index (Phi) is 7.14. The van der Waals surface area contributed by atoms with Crippen molar-refractivity contribution < 1.29 is 9.53 Å². The summed E-state index contributed by atoms with van der Waals surface area (Å²) in [7, 11) is 0. The lowest BCUT2D eigenvalue weighted by Gasteiger charge is -2.33. The van der Waals surface area contributed by atoms with Gasteiger partial charge in [0.15, 0.2) is 0 Å². The van der Waals surface area contributed by atoms with Crippen molar-refractivity contribution in [3.05, 3.63) is 34.9 Å². The van der Waals surface area contributed by atoms with E-state index in [-0.39, 0.29) is 5.91 Å². The first-order valence-corrected chi connectivity index (χ1v) is 9.88. The second kappa shape index (κ2) is 9.56. The molecule has 0 spiro atoms. The summed E-state index contributed by atoms with van der Waals surface area (Å²) in [6.45, 7) is 5.96. The Labute approximate surface area is 155 Å². The highest BCUT2D eigenvalue weighted by Crippen LogP contribution is 2.24. The molecule has 2 aliphatic heterocycles. The van der Waals surface area contributed by atoms with Crippen LogP contribution in [0, 0.1) is 11.8 Å². The van der Waals surface area contributed by atoms with Crippen LogP contribution in [0.4, 0.5) is 0 Å². The van der Waals surface area contributed by atoms with Gasteiger partial charge in [-0.05, 0) is 68.3 Å². The molecule has 1 atom stereocenters. The SMILES string of the molecule is O=C(CCC1CCN(C[C@H]2CCOC2)CC1)NCc1cccc(Cl)c1. The van der Waals surface area contributed by atoms with Crippen molar-refractivity contribution in [2.24, 2.45) is 11.8 Å². The van der Waals surface area contributed by atoms with E-state index in [4.69, 9.17) is 16.3 Å². The third-order valence-corrected chi connectivity index (χ3v) is 5.64. The number of likely N-dealkylation sites (tertiary alicyclic amines) is 1. The van der Waals surface area contributed by atoms with Crippen molar-refractivity contribution in [3.63, 3.8) is 0 Å². The Morgan fingerprint density at radius 3 is 2.80 bits per heavy atom. The van der Waals surface area contributed by atoms with Crippen LogP contribution in [-0.2, 0) is 16.1 Å². The van der Waals surface area contributed by atoms with Crippen molar-refractivity contribution in [3.8, 4) is 0 Å².